The molecular weight excluding hydrogens is 348 g/mol. The molecule has 27 heavy (non-hydrogen) atoms. The van der Waals surface area contributed by atoms with E-state index in [9.17, 15) is 9.90 Å². The standard InChI is InChI=1S/C18H20N6O3/c1-11-21-17(24(23-11)13-3-2-7-19-10-13)12-4-5-15(25)14(9-12)22-18(26)16-6-8-20-27-16/h2-3,6-8,10,12,14-15,25H,4-5,9H2,1H3,(H,22,26)/t12-,14+,15+/m0/s1. The van der Waals surface area contributed by atoms with Crippen LogP contribution in [-0.4, -0.2) is 48.1 Å². The van der Waals surface area contributed by atoms with E-state index >= 15 is 0 Å². The number of aromatic nitrogens is 5. The van der Waals surface area contributed by atoms with Crippen molar-refractivity contribution < 1.29 is 14.4 Å². The molecule has 0 unspecified atom stereocenters. The molecule has 0 saturated heterocycles. The smallest absolute Gasteiger partial charge is 0.290 e. The van der Waals surface area contributed by atoms with Crippen molar-refractivity contribution in [1.29, 1.82) is 0 Å². The normalized spacial score (nSPS) is 22.5. The van der Waals surface area contributed by atoms with E-state index in [1.165, 1.54) is 12.3 Å². The van der Waals surface area contributed by atoms with Crippen molar-refractivity contribution in [2.45, 2.75) is 44.2 Å². The molecule has 1 aliphatic carbocycles. The highest BCUT2D eigenvalue weighted by molar-refractivity contribution is 5.91. The van der Waals surface area contributed by atoms with Crippen molar-refractivity contribution in [3.63, 3.8) is 0 Å². The Morgan fingerprint density at radius 2 is 2.22 bits per heavy atom. The lowest BCUT2D eigenvalue weighted by atomic mass is 9.83. The Morgan fingerprint density at radius 1 is 1.33 bits per heavy atom. The van der Waals surface area contributed by atoms with Crippen molar-refractivity contribution in [3.8, 4) is 5.69 Å². The Hall–Kier alpha value is -3.07. The van der Waals surface area contributed by atoms with Gasteiger partial charge in [0.1, 0.15) is 11.6 Å². The number of aliphatic hydroxyl groups excluding tert-OH is 1. The van der Waals surface area contributed by atoms with Gasteiger partial charge in [-0.1, -0.05) is 5.16 Å². The molecule has 9 heteroatoms. The van der Waals surface area contributed by atoms with Gasteiger partial charge in [-0.3, -0.25) is 9.78 Å². The summed E-state index contributed by atoms with van der Waals surface area (Å²) in [6.45, 7) is 1.84. The van der Waals surface area contributed by atoms with E-state index in [1.54, 1.807) is 17.1 Å². The van der Waals surface area contributed by atoms with Crippen LogP contribution in [0.1, 0.15) is 47.4 Å². The summed E-state index contributed by atoms with van der Waals surface area (Å²) in [6, 6.07) is 4.86. The lowest BCUT2D eigenvalue weighted by Crippen LogP contribution is -2.46. The van der Waals surface area contributed by atoms with Crippen LogP contribution in [0.15, 0.2) is 41.3 Å². The number of pyridine rings is 1. The first-order valence-corrected chi connectivity index (χ1v) is 8.85. The Kier molecular flexibility index (Phi) is 4.68. The van der Waals surface area contributed by atoms with Gasteiger partial charge in [0.15, 0.2) is 0 Å². The molecule has 1 amide bonds. The van der Waals surface area contributed by atoms with Gasteiger partial charge in [0.25, 0.3) is 5.91 Å². The van der Waals surface area contributed by atoms with Crippen LogP contribution in [0.4, 0.5) is 0 Å². The Bertz CT molecular complexity index is 909. The minimum atomic E-state index is -0.621. The molecule has 0 spiro atoms. The zero-order valence-electron chi connectivity index (χ0n) is 14.8. The van der Waals surface area contributed by atoms with Crippen LogP contribution in [0.2, 0.25) is 0 Å². The number of amides is 1. The molecule has 3 atom stereocenters. The average molecular weight is 368 g/mol. The molecule has 4 rings (SSSR count). The fourth-order valence-corrected chi connectivity index (χ4v) is 3.48. The highest BCUT2D eigenvalue weighted by atomic mass is 16.5. The van der Waals surface area contributed by atoms with Gasteiger partial charge in [0.2, 0.25) is 5.76 Å². The van der Waals surface area contributed by atoms with Crippen molar-refractivity contribution >= 4 is 5.91 Å². The van der Waals surface area contributed by atoms with Gasteiger partial charge < -0.3 is 14.9 Å². The number of hydrogen-bond donors (Lipinski definition) is 2. The van der Waals surface area contributed by atoms with Crippen LogP contribution in [0.5, 0.6) is 0 Å². The van der Waals surface area contributed by atoms with E-state index in [-0.39, 0.29) is 17.6 Å². The number of nitrogens with zero attached hydrogens (tertiary/aromatic N) is 5. The zero-order valence-corrected chi connectivity index (χ0v) is 14.8. The molecule has 0 aliphatic heterocycles. The molecule has 1 saturated carbocycles. The molecule has 9 nitrogen and oxygen atoms in total. The van der Waals surface area contributed by atoms with E-state index in [0.717, 1.165) is 17.9 Å². The predicted molar refractivity (Wildman–Crippen MR) is 94.2 cm³/mol. The fraction of sp³-hybridized carbons (Fsp3) is 0.389. The van der Waals surface area contributed by atoms with Gasteiger partial charge in [0, 0.05) is 18.2 Å². The molecule has 1 aliphatic rings. The second kappa shape index (κ2) is 7.28. The third-order valence-corrected chi connectivity index (χ3v) is 4.79. The fourth-order valence-electron chi connectivity index (χ4n) is 3.48. The van der Waals surface area contributed by atoms with Crippen LogP contribution in [0, 0.1) is 6.92 Å². The Labute approximate surface area is 155 Å². The Morgan fingerprint density at radius 3 is 2.96 bits per heavy atom. The maximum Gasteiger partial charge on any atom is 0.290 e. The van der Waals surface area contributed by atoms with Crippen molar-refractivity contribution in [2.24, 2.45) is 0 Å². The number of nitrogens with one attached hydrogen (secondary N) is 1. The van der Waals surface area contributed by atoms with E-state index < -0.39 is 12.1 Å². The monoisotopic (exact) mass is 368 g/mol. The van der Waals surface area contributed by atoms with Gasteiger partial charge in [-0.2, -0.15) is 5.10 Å². The van der Waals surface area contributed by atoms with Crippen LogP contribution in [0.25, 0.3) is 5.69 Å². The highest BCUT2D eigenvalue weighted by Gasteiger charge is 2.34. The maximum absolute atomic E-state index is 12.3. The molecule has 140 valence electrons. The number of rotatable bonds is 4. The number of aryl methyl sites for hydroxylation is 1. The average Bonchev–Trinajstić information content (AvgIpc) is 3.34. The summed E-state index contributed by atoms with van der Waals surface area (Å²) in [5.74, 6) is 1.27. The molecule has 3 aromatic rings. The van der Waals surface area contributed by atoms with Gasteiger partial charge in [-0.15, -0.1) is 0 Å². The van der Waals surface area contributed by atoms with E-state index in [4.69, 9.17) is 4.52 Å². The topological polar surface area (TPSA) is 119 Å². The minimum Gasteiger partial charge on any atom is -0.391 e. The highest BCUT2D eigenvalue weighted by Crippen LogP contribution is 2.33. The van der Waals surface area contributed by atoms with E-state index in [2.05, 4.69) is 25.5 Å². The first kappa shape index (κ1) is 17.3. The summed E-state index contributed by atoms with van der Waals surface area (Å²) in [6.07, 6.45) is 6.11. The summed E-state index contributed by atoms with van der Waals surface area (Å²) < 4.78 is 6.68. The molecule has 0 bridgehead atoms. The number of aliphatic hydroxyl groups is 1. The SMILES string of the molecule is Cc1nc([C@H]2CC[C@@H](O)[C@H](NC(=O)c3ccno3)C2)n(-c2cccnc2)n1. The van der Waals surface area contributed by atoms with Crippen molar-refractivity contribution in [2.75, 3.05) is 0 Å². The van der Waals surface area contributed by atoms with Crippen molar-refractivity contribution in [3.05, 3.63) is 54.2 Å². The number of carbonyl (C=O) groups excluding carboxylic acids is 1. The molecule has 2 N–H and O–H groups in total. The summed E-state index contributed by atoms with van der Waals surface area (Å²) in [7, 11) is 0. The molecule has 3 heterocycles. The third-order valence-electron chi connectivity index (χ3n) is 4.79. The number of hydrogen-bond acceptors (Lipinski definition) is 7. The summed E-state index contributed by atoms with van der Waals surface area (Å²) in [4.78, 5) is 21.0. The molecule has 0 aromatic carbocycles. The van der Waals surface area contributed by atoms with Crippen LogP contribution in [0.3, 0.4) is 0 Å². The minimum absolute atomic E-state index is 0.0508. The van der Waals surface area contributed by atoms with Crippen LogP contribution < -0.4 is 5.32 Å². The summed E-state index contributed by atoms with van der Waals surface area (Å²) >= 11 is 0. The second-order valence-electron chi connectivity index (χ2n) is 6.67. The zero-order chi connectivity index (χ0) is 18.8. The third kappa shape index (κ3) is 3.59. The van der Waals surface area contributed by atoms with Gasteiger partial charge in [0.05, 0.1) is 30.2 Å². The summed E-state index contributed by atoms with van der Waals surface area (Å²) in [5, 5.41) is 21.2. The second-order valence-corrected chi connectivity index (χ2v) is 6.67. The van der Waals surface area contributed by atoms with Crippen molar-refractivity contribution in [1.82, 2.24) is 30.2 Å². The van der Waals surface area contributed by atoms with E-state index in [1.807, 2.05) is 19.1 Å². The number of carbonyl (C=O) groups is 1. The largest absolute Gasteiger partial charge is 0.391 e. The van der Waals surface area contributed by atoms with Crippen LogP contribution >= 0.6 is 0 Å². The van der Waals surface area contributed by atoms with Gasteiger partial charge >= 0.3 is 0 Å². The maximum atomic E-state index is 12.3. The molecular formula is C18H20N6O3. The van der Waals surface area contributed by atoms with Gasteiger partial charge in [-0.25, -0.2) is 9.67 Å². The Balaban J connectivity index is 1.56. The van der Waals surface area contributed by atoms with Gasteiger partial charge in [-0.05, 0) is 38.3 Å². The quantitative estimate of drug-likeness (QED) is 0.714. The molecule has 0 radical (unpaired) electrons. The summed E-state index contributed by atoms with van der Waals surface area (Å²) in [5.41, 5.74) is 0.835. The first-order valence-electron chi connectivity index (χ1n) is 8.85. The van der Waals surface area contributed by atoms with E-state index in [0.29, 0.717) is 18.7 Å². The lowest BCUT2D eigenvalue weighted by Gasteiger charge is -2.33. The molecule has 3 aromatic heterocycles. The molecule has 1 fully saturated rings. The van der Waals surface area contributed by atoms with Crippen LogP contribution in [-0.2, 0) is 0 Å². The first-order chi connectivity index (χ1) is 13.1. The lowest BCUT2D eigenvalue weighted by molar-refractivity contribution is 0.0648. The predicted octanol–water partition coefficient (Wildman–Crippen LogP) is 1.39.